The Morgan fingerprint density at radius 3 is 2.46 bits per heavy atom. The van der Waals surface area contributed by atoms with E-state index in [2.05, 4.69) is 15.9 Å². The lowest BCUT2D eigenvalue weighted by Gasteiger charge is -2.25. The molecule has 0 N–H and O–H groups in total. The summed E-state index contributed by atoms with van der Waals surface area (Å²) in [5, 5.41) is 0. The van der Waals surface area contributed by atoms with Crippen LogP contribution in [0.2, 0.25) is 0 Å². The minimum Gasteiger partial charge on any atom is -0.345 e. The number of aromatic nitrogens is 1. The van der Waals surface area contributed by atoms with Gasteiger partial charge >= 0.3 is 0 Å². The number of nitrogens with zero attached hydrogens (tertiary/aromatic N) is 3. The van der Waals surface area contributed by atoms with Crippen LogP contribution in [-0.2, 0) is 17.1 Å². The molecule has 1 aliphatic heterocycles. The van der Waals surface area contributed by atoms with Gasteiger partial charge in [0.1, 0.15) is 10.6 Å². The van der Waals surface area contributed by atoms with E-state index in [-0.39, 0.29) is 16.8 Å². The third-order valence-corrected chi connectivity index (χ3v) is 7.85. The molecule has 0 bridgehead atoms. The molecule has 1 aliphatic rings. The number of likely N-dealkylation sites (tertiary alicyclic amines) is 1. The fraction of sp³-hybridized carbons (Fsp3) is 0.450. The van der Waals surface area contributed by atoms with E-state index in [4.69, 9.17) is 0 Å². The van der Waals surface area contributed by atoms with Crippen molar-refractivity contribution in [1.29, 1.82) is 0 Å². The number of aryl methyl sites for hydroxylation is 1. The van der Waals surface area contributed by atoms with Gasteiger partial charge in [-0.25, -0.2) is 8.42 Å². The molecule has 2 aromatic rings. The highest BCUT2D eigenvalue weighted by Gasteiger charge is 2.33. The molecule has 0 spiro atoms. The molecular weight excluding hydrogens is 442 g/mol. The Kier molecular flexibility index (Phi) is 6.31. The number of amides is 1. The predicted molar refractivity (Wildman–Crippen MR) is 113 cm³/mol. The fourth-order valence-electron chi connectivity index (χ4n) is 3.79. The molecule has 1 amide bonds. The molecule has 0 radical (unpaired) electrons. The second kappa shape index (κ2) is 8.39. The van der Waals surface area contributed by atoms with Crippen LogP contribution < -0.4 is 0 Å². The van der Waals surface area contributed by atoms with E-state index >= 15 is 0 Å². The molecule has 0 aliphatic carbocycles. The van der Waals surface area contributed by atoms with Gasteiger partial charge in [-0.2, -0.15) is 4.31 Å². The van der Waals surface area contributed by atoms with Gasteiger partial charge in [0, 0.05) is 37.4 Å². The van der Waals surface area contributed by atoms with Crippen molar-refractivity contribution < 1.29 is 13.2 Å². The SMILES string of the molecule is CCN(CC)S(=O)(=O)c1cc(C(=O)N2CCCC2c2ccc(Br)cc2)n(C)c1. The number of hydrogen-bond donors (Lipinski definition) is 0. The third-order valence-electron chi connectivity index (χ3n) is 5.31. The van der Waals surface area contributed by atoms with Gasteiger partial charge in [0.2, 0.25) is 10.0 Å². The average Bonchev–Trinajstić information content (AvgIpc) is 3.30. The fourth-order valence-corrected chi connectivity index (χ4v) is 5.58. The molecule has 1 aromatic heterocycles. The van der Waals surface area contributed by atoms with Crippen molar-refractivity contribution in [3.63, 3.8) is 0 Å². The second-order valence-corrected chi connectivity index (χ2v) is 9.82. The van der Waals surface area contributed by atoms with Gasteiger partial charge in [-0.15, -0.1) is 0 Å². The Hall–Kier alpha value is -1.64. The summed E-state index contributed by atoms with van der Waals surface area (Å²) in [5.74, 6) is -0.131. The summed E-state index contributed by atoms with van der Waals surface area (Å²) < 4.78 is 29.6. The molecule has 1 unspecified atom stereocenters. The zero-order valence-electron chi connectivity index (χ0n) is 16.4. The number of carbonyl (C=O) groups excluding carboxylic acids is 1. The maximum Gasteiger partial charge on any atom is 0.271 e. The number of carbonyl (C=O) groups is 1. The topological polar surface area (TPSA) is 62.6 Å². The van der Waals surface area contributed by atoms with Crippen molar-refractivity contribution in [1.82, 2.24) is 13.8 Å². The zero-order valence-corrected chi connectivity index (χ0v) is 18.8. The Morgan fingerprint density at radius 1 is 1.21 bits per heavy atom. The first-order valence-electron chi connectivity index (χ1n) is 9.52. The number of sulfonamides is 1. The molecule has 3 rings (SSSR count). The lowest BCUT2D eigenvalue weighted by molar-refractivity contribution is 0.0726. The third kappa shape index (κ3) is 3.90. The summed E-state index contributed by atoms with van der Waals surface area (Å²) in [6, 6.07) is 9.54. The van der Waals surface area contributed by atoms with E-state index < -0.39 is 10.0 Å². The predicted octanol–water partition coefficient (Wildman–Crippen LogP) is 3.80. The second-order valence-electron chi connectivity index (χ2n) is 6.97. The lowest BCUT2D eigenvalue weighted by Crippen LogP contribution is -2.32. The highest BCUT2D eigenvalue weighted by Crippen LogP contribution is 2.34. The molecular formula is C20H26BrN3O3S. The summed E-state index contributed by atoms with van der Waals surface area (Å²) in [4.78, 5) is 15.3. The molecule has 152 valence electrons. The number of rotatable bonds is 6. The van der Waals surface area contributed by atoms with Gasteiger partial charge < -0.3 is 9.47 Å². The van der Waals surface area contributed by atoms with Crippen LogP contribution in [0.1, 0.15) is 48.8 Å². The van der Waals surface area contributed by atoms with Crippen molar-refractivity contribution >= 4 is 31.9 Å². The van der Waals surface area contributed by atoms with Crippen molar-refractivity contribution in [2.75, 3.05) is 19.6 Å². The Labute approximate surface area is 175 Å². The molecule has 0 saturated carbocycles. The summed E-state index contributed by atoms with van der Waals surface area (Å²) in [5.41, 5.74) is 1.49. The number of hydrogen-bond acceptors (Lipinski definition) is 3. The summed E-state index contributed by atoms with van der Waals surface area (Å²) in [6.07, 6.45) is 3.37. The molecule has 6 nitrogen and oxygen atoms in total. The highest BCUT2D eigenvalue weighted by molar-refractivity contribution is 9.10. The van der Waals surface area contributed by atoms with E-state index in [1.807, 2.05) is 43.0 Å². The molecule has 8 heteroatoms. The van der Waals surface area contributed by atoms with E-state index in [1.165, 1.54) is 16.6 Å². The van der Waals surface area contributed by atoms with Crippen molar-refractivity contribution in [2.45, 2.75) is 37.6 Å². The van der Waals surface area contributed by atoms with Crippen LogP contribution in [0.5, 0.6) is 0 Å². The first-order valence-corrected chi connectivity index (χ1v) is 11.8. The standard InChI is InChI=1S/C20H26BrN3O3S/c1-4-23(5-2)28(26,27)17-13-19(22(3)14-17)20(25)24-12-6-7-18(24)15-8-10-16(21)11-9-15/h8-11,13-14,18H,4-7,12H2,1-3H3. The van der Waals surface area contributed by atoms with Crippen LogP contribution in [0.4, 0.5) is 0 Å². The molecule has 2 heterocycles. The average molecular weight is 468 g/mol. The minimum atomic E-state index is -3.59. The number of benzene rings is 1. The van der Waals surface area contributed by atoms with Crippen LogP contribution >= 0.6 is 15.9 Å². The Balaban J connectivity index is 1.90. The summed E-state index contributed by atoms with van der Waals surface area (Å²) >= 11 is 3.44. The minimum absolute atomic E-state index is 0.0124. The van der Waals surface area contributed by atoms with E-state index in [0.29, 0.717) is 25.3 Å². The van der Waals surface area contributed by atoms with Crippen LogP contribution in [0, 0.1) is 0 Å². The molecule has 1 saturated heterocycles. The smallest absolute Gasteiger partial charge is 0.271 e. The number of halogens is 1. The van der Waals surface area contributed by atoms with Gasteiger partial charge in [0.25, 0.3) is 5.91 Å². The van der Waals surface area contributed by atoms with Crippen LogP contribution in [0.3, 0.4) is 0 Å². The van der Waals surface area contributed by atoms with Gasteiger partial charge in [0.05, 0.1) is 6.04 Å². The van der Waals surface area contributed by atoms with Crippen molar-refractivity contribution in [3.05, 3.63) is 52.3 Å². The van der Waals surface area contributed by atoms with E-state index in [0.717, 1.165) is 22.9 Å². The van der Waals surface area contributed by atoms with Gasteiger partial charge in [-0.05, 0) is 36.6 Å². The monoisotopic (exact) mass is 467 g/mol. The van der Waals surface area contributed by atoms with Crippen molar-refractivity contribution in [2.24, 2.45) is 7.05 Å². The quantitative estimate of drug-likeness (QED) is 0.648. The summed E-state index contributed by atoms with van der Waals surface area (Å²) in [7, 11) is -1.87. The van der Waals surface area contributed by atoms with Gasteiger partial charge in [-0.3, -0.25) is 4.79 Å². The van der Waals surface area contributed by atoms with E-state index in [9.17, 15) is 13.2 Å². The molecule has 1 fully saturated rings. The van der Waals surface area contributed by atoms with E-state index in [1.54, 1.807) is 11.6 Å². The largest absolute Gasteiger partial charge is 0.345 e. The highest BCUT2D eigenvalue weighted by atomic mass is 79.9. The first kappa shape index (κ1) is 21.1. The van der Waals surface area contributed by atoms with Crippen molar-refractivity contribution in [3.8, 4) is 0 Å². The van der Waals surface area contributed by atoms with Gasteiger partial charge in [0.15, 0.2) is 0 Å². The molecule has 28 heavy (non-hydrogen) atoms. The zero-order chi connectivity index (χ0) is 20.5. The Bertz CT molecular complexity index is 950. The molecule has 1 atom stereocenters. The molecule has 1 aromatic carbocycles. The first-order chi connectivity index (χ1) is 13.3. The maximum atomic E-state index is 13.3. The normalized spacial score (nSPS) is 17.5. The Morgan fingerprint density at radius 2 is 1.86 bits per heavy atom. The van der Waals surface area contributed by atoms with Crippen LogP contribution in [0.15, 0.2) is 45.9 Å². The lowest BCUT2D eigenvalue weighted by atomic mass is 10.0. The van der Waals surface area contributed by atoms with Crippen LogP contribution in [0.25, 0.3) is 0 Å². The summed E-state index contributed by atoms with van der Waals surface area (Å²) in [6.45, 7) is 5.08. The maximum absolute atomic E-state index is 13.3. The van der Waals surface area contributed by atoms with Gasteiger partial charge in [-0.1, -0.05) is 41.9 Å². The van der Waals surface area contributed by atoms with Crippen LogP contribution in [-0.4, -0.2) is 47.7 Å².